The zero-order valence-corrected chi connectivity index (χ0v) is 30.1. The Morgan fingerprint density at radius 1 is 0.720 bits per heavy atom. The third-order valence-corrected chi connectivity index (χ3v) is 9.53. The van der Waals surface area contributed by atoms with Crippen LogP contribution in [0.1, 0.15) is 90.5 Å². The molecule has 0 fully saturated rings. The van der Waals surface area contributed by atoms with Crippen molar-refractivity contribution >= 4 is 33.9 Å². The fourth-order valence-electron chi connectivity index (χ4n) is 7.02. The molecular formula is C37H46N10O3. The zero-order valence-electron chi connectivity index (χ0n) is 30.1. The number of aromatic nitrogens is 8. The van der Waals surface area contributed by atoms with Crippen LogP contribution in [0, 0.1) is 13.8 Å². The average Bonchev–Trinajstić information content (AvgIpc) is 3.84. The van der Waals surface area contributed by atoms with Crippen LogP contribution in [0.5, 0.6) is 0 Å². The molecule has 2 atom stereocenters. The van der Waals surface area contributed by atoms with E-state index in [2.05, 4.69) is 49.2 Å². The zero-order chi connectivity index (χ0) is 35.9. The van der Waals surface area contributed by atoms with E-state index in [1.54, 1.807) is 21.5 Å². The molecule has 4 aromatic heterocycles. The first kappa shape index (κ1) is 34.6. The van der Waals surface area contributed by atoms with Gasteiger partial charge in [-0.2, -0.15) is 20.2 Å². The maximum Gasteiger partial charge on any atom is 0.298 e. The van der Waals surface area contributed by atoms with E-state index in [1.807, 2.05) is 87.3 Å². The number of fused-ring (bicyclic) bond motifs is 2. The number of hydrogen-bond acceptors (Lipinski definition) is 5. The maximum absolute atomic E-state index is 13.7. The van der Waals surface area contributed by atoms with E-state index in [1.165, 1.54) is 0 Å². The Labute approximate surface area is 290 Å². The Kier molecular flexibility index (Phi) is 9.61. The molecule has 4 heterocycles. The number of aliphatic hydroxyl groups excluding tert-OH is 1. The van der Waals surface area contributed by atoms with Crippen LogP contribution in [-0.2, 0) is 33.8 Å². The summed E-state index contributed by atoms with van der Waals surface area (Å²) in [4.78, 5) is 36.6. The summed E-state index contributed by atoms with van der Waals surface area (Å²) < 4.78 is 11.4. The summed E-state index contributed by atoms with van der Waals surface area (Å²) in [5.41, 5.74) is 7.88. The number of amides is 2. The van der Waals surface area contributed by atoms with Gasteiger partial charge in [-0.1, -0.05) is 24.3 Å². The fourth-order valence-corrected chi connectivity index (χ4v) is 7.02. The first-order chi connectivity index (χ1) is 24.0. The second-order valence-electron chi connectivity index (χ2n) is 13.0. The molecule has 0 radical (unpaired) electrons. The van der Waals surface area contributed by atoms with Crippen LogP contribution in [0.25, 0.3) is 22.1 Å². The lowest BCUT2D eigenvalue weighted by Crippen LogP contribution is -2.30. The molecule has 0 aliphatic heterocycles. The van der Waals surface area contributed by atoms with Gasteiger partial charge in [0.1, 0.15) is 11.4 Å². The lowest BCUT2D eigenvalue weighted by molar-refractivity contribution is 0.0977. The van der Waals surface area contributed by atoms with E-state index in [4.69, 9.17) is 0 Å². The minimum absolute atomic E-state index is 0.0512. The maximum atomic E-state index is 13.7. The van der Waals surface area contributed by atoms with Crippen molar-refractivity contribution in [1.29, 1.82) is 0 Å². The van der Waals surface area contributed by atoms with Crippen molar-refractivity contribution < 1.29 is 14.7 Å². The summed E-state index contributed by atoms with van der Waals surface area (Å²) in [6, 6.07) is 17.2. The standard InChI is InChI=1S/C37H46N10O3/c1-9-44-31(20-23(3)40-44)34(49)38-36-42(7)28-15-11-12-16-29(28)46(36)25(5)18-19-26(6)47-33-27(22-48)14-13-17-30(33)43(8)37(47)39-35(50)32-21-24(4)41-45(32)10-2/h11-17,20-21,25-26,48H,9-10,18-19,22H2,1-8H3/b38-36+,39-37?/t25-,26-/m0/s1. The predicted octanol–water partition coefficient (Wildman–Crippen LogP) is 4.90. The number of carbonyl (C=O) groups is 2. The van der Waals surface area contributed by atoms with E-state index < -0.39 is 0 Å². The van der Waals surface area contributed by atoms with E-state index in [-0.39, 0.29) is 30.5 Å². The Hall–Kier alpha value is -5.30. The van der Waals surface area contributed by atoms with Gasteiger partial charge in [-0.25, -0.2) is 0 Å². The van der Waals surface area contributed by atoms with Gasteiger partial charge >= 0.3 is 0 Å². The lowest BCUT2D eigenvalue weighted by atomic mass is 10.1. The molecule has 13 nitrogen and oxygen atoms in total. The van der Waals surface area contributed by atoms with E-state index >= 15 is 0 Å². The van der Waals surface area contributed by atoms with Crippen LogP contribution >= 0.6 is 0 Å². The quantitative estimate of drug-likeness (QED) is 0.220. The Morgan fingerprint density at radius 3 is 1.74 bits per heavy atom. The van der Waals surface area contributed by atoms with Gasteiger partial charge in [0.2, 0.25) is 11.2 Å². The van der Waals surface area contributed by atoms with Gasteiger partial charge in [0, 0.05) is 44.8 Å². The number of carbonyl (C=O) groups excluding carboxylic acids is 2. The van der Waals surface area contributed by atoms with Gasteiger partial charge in [0.15, 0.2) is 0 Å². The van der Waals surface area contributed by atoms with Gasteiger partial charge in [-0.05, 0) is 84.7 Å². The number of aryl methyl sites for hydroxylation is 6. The van der Waals surface area contributed by atoms with Crippen molar-refractivity contribution in [3.63, 3.8) is 0 Å². The normalized spacial score (nSPS) is 13.9. The summed E-state index contributed by atoms with van der Waals surface area (Å²) in [6.45, 7) is 12.9. The average molecular weight is 679 g/mol. The number of aliphatic hydroxyl groups is 1. The number of para-hydroxylation sites is 3. The van der Waals surface area contributed by atoms with E-state index in [0.717, 1.165) is 45.4 Å². The number of rotatable bonds is 10. The van der Waals surface area contributed by atoms with Crippen LogP contribution in [0.15, 0.2) is 64.6 Å². The van der Waals surface area contributed by atoms with Gasteiger partial charge < -0.3 is 23.4 Å². The number of hydrogen-bond donors (Lipinski definition) is 1. The van der Waals surface area contributed by atoms with Crippen LogP contribution in [0.4, 0.5) is 0 Å². The summed E-state index contributed by atoms with van der Waals surface area (Å²) in [6.07, 6.45) is 1.43. The molecule has 6 aromatic rings. The van der Waals surface area contributed by atoms with Gasteiger partial charge in [-0.15, -0.1) is 0 Å². The molecule has 262 valence electrons. The molecular weight excluding hydrogens is 632 g/mol. The van der Waals surface area contributed by atoms with Gasteiger partial charge in [0.05, 0.1) is 40.1 Å². The summed E-state index contributed by atoms with van der Waals surface area (Å²) in [7, 11) is 3.83. The minimum Gasteiger partial charge on any atom is -0.392 e. The largest absolute Gasteiger partial charge is 0.392 e. The van der Waals surface area contributed by atoms with Crippen molar-refractivity contribution in [2.24, 2.45) is 24.1 Å². The van der Waals surface area contributed by atoms with E-state index in [9.17, 15) is 14.7 Å². The topological polar surface area (TPSA) is 134 Å². The molecule has 0 bridgehead atoms. The van der Waals surface area contributed by atoms with Gasteiger partial charge in [0.25, 0.3) is 11.8 Å². The Balaban J connectivity index is 1.41. The third kappa shape index (κ3) is 6.06. The predicted molar refractivity (Wildman–Crippen MR) is 191 cm³/mol. The van der Waals surface area contributed by atoms with Crippen molar-refractivity contribution in [3.05, 3.63) is 94.2 Å². The first-order valence-corrected chi connectivity index (χ1v) is 17.2. The second-order valence-corrected chi connectivity index (χ2v) is 13.0. The lowest BCUT2D eigenvalue weighted by Gasteiger charge is -2.20. The first-order valence-electron chi connectivity index (χ1n) is 17.2. The minimum atomic E-state index is -0.375. The highest BCUT2D eigenvalue weighted by Gasteiger charge is 2.23. The van der Waals surface area contributed by atoms with Crippen LogP contribution in [-0.4, -0.2) is 54.8 Å². The smallest absolute Gasteiger partial charge is 0.298 e. The van der Waals surface area contributed by atoms with Crippen LogP contribution in [0.2, 0.25) is 0 Å². The number of benzene rings is 2. The highest BCUT2D eigenvalue weighted by Crippen LogP contribution is 2.27. The SMILES string of the molecule is CCn1nc(C)cc1C(=O)N=c1n(C)c2cccc(CO)c2n1[C@@H](C)CC[C@H](C)n1/c(=N/C(=O)c2cc(C)nn2CC)n(C)c2ccccc21. The number of imidazole rings is 2. The fraction of sp³-hybridized carbons (Fsp3) is 0.405. The molecule has 1 N–H and O–H groups in total. The van der Waals surface area contributed by atoms with Crippen molar-refractivity contribution in [3.8, 4) is 0 Å². The molecule has 13 heteroatoms. The van der Waals surface area contributed by atoms with Crippen LogP contribution in [0.3, 0.4) is 0 Å². The molecule has 0 aliphatic rings. The molecule has 0 spiro atoms. The van der Waals surface area contributed by atoms with Crippen molar-refractivity contribution in [2.75, 3.05) is 0 Å². The monoisotopic (exact) mass is 678 g/mol. The molecule has 2 aromatic carbocycles. The van der Waals surface area contributed by atoms with Crippen molar-refractivity contribution in [2.45, 2.75) is 86.2 Å². The molecule has 2 amide bonds. The molecule has 6 rings (SSSR count). The molecule has 0 saturated heterocycles. The third-order valence-electron chi connectivity index (χ3n) is 9.53. The molecule has 0 unspecified atom stereocenters. The van der Waals surface area contributed by atoms with E-state index in [0.29, 0.717) is 42.1 Å². The summed E-state index contributed by atoms with van der Waals surface area (Å²) >= 11 is 0. The summed E-state index contributed by atoms with van der Waals surface area (Å²) in [5.74, 6) is -0.717. The van der Waals surface area contributed by atoms with Crippen molar-refractivity contribution in [1.82, 2.24) is 37.8 Å². The van der Waals surface area contributed by atoms with Gasteiger partial charge in [-0.3, -0.25) is 19.0 Å². The van der Waals surface area contributed by atoms with Crippen LogP contribution < -0.4 is 11.2 Å². The molecule has 0 saturated carbocycles. The second kappa shape index (κ2) is 13.9. The summed E-state index contributed by atoms with van der Waals surface area (Å²) in [5, 5.41) is 19.3. The highest BCUT2D eigenvalue weighted by atomic mass is 16.3. The Morgan fingerprint density at radius 2 is 1.20 bits per heavy atom. The molecule has 0 aliphatic carbocycles. The molecule has 50 heavy (non-hydrogen) atoms. The Bertz CT molecular complexity index is 2380. The number of nitrogens with zero attached hydrogens (tertiary/aromatic N) is 10. The highest BCUT2D eigenvalue weighted by molar-refractivity contribution is 5.94.